The largest absolute Gasteiger partial charge is 0.359 e. The number of hydrogen-bond donors (Lipinski definition) is 0. The van der Waals surface area contributed by atoms with Gasteiger partial charge in [0, 0.05) is 0 Å². The Morgan fingerprint density at radius 3 is 2.45 bits per heavy atom. The second-order valence-corrected chi connectivity index (χ2v) is 7.75. The Morgan fingerprint density at radius 2 is 1.90 bits per heavy atom. The van der Waals surface area contributed by atoms with Crippen molar-refractivity contribution in [3.63, 3.8) is 0 Å². The summed E-state index contributed by atoms with van der Waals surface area (Å²) in [4.78, 5) is -0.263. The first-order valence-electron chi connectivity index (χ1n) is 5.95. The molecule has 114 valence electrons. The highest BCUT2D eigenvalue weighted by molar-refractivity contribution is 7.87. The lowest BCUT2D eigenvalue weighted by Crippen LogP contribution is -2.09. The molecule has 0 aromatic heterocycles. The van der Waals surface area contributed by atoms with Gasteiger partial charge < -0.3 is 4.52 Å². The summed E-state index contributed by atoms with van der Waals surface area (Å²) in [6.07, 6.45) is 0.547. The molecule has 0 amide bonds. The third-order valence-electron chi connectivity index (χ3n) is 2.16. The first kappa shape index (κ1) is 17.6. The molecule has 0 fully saturated rings. The zero-order chi connectivity index (χ0) is 15.2. The van der Waals surface area contributed by atoms with Crippen molar-refractivity contribution in [1.29, 1.82) is 0 Å². The summed E-state index contributed by atoms with van der Waals surface area (Å²) in [5, 5.41) is -0.0159. The average Bonchev–Trinajstić information content (AvgIpc) is 2.38. The van der Waals surface area contributed by atoms with Gasteiger partial charge in [-0.05, 0) is 25.5 Å². The van der Waals surface area contributed by atoms with E-state index in [4.69, 9.17) is 16.1 Å². The van der Waals surface area contributed by atoms with E-state index in [0.29, 0.717) is 6.42 Å². The molecule has 1 rings (SSSR count). The Balaban J connectivity index is 2.87. The summed E-state index contributed by atoms with van der Waals surface area (Å²) in [5.41, 5.74) is 0. The van der Waals surface area contributed by atoms with Crippen molar-refractivity contribution in [3.8, 4) is 0 Å². The molecular formula is C11H16ClO6PS. The molecular weight excluding hydrogens is 327 g/mol. The smallest absolute Gasteiger partial charge is 0.307 e. The topological polar surface area (TPSA) is 78.9 Å². The second-order valence-electron chi connectivity index (χ2n) is 3.78. The number of benzene rings is 1. The quantitative estimate of drug-likeness (QED) is 0.408. The van der Waals surface area contributed by atoms with Crippen molar-refractivity contribution < 1.29 is 26.5 Å². The van der Waals surface area contributed by atoms with Crippen LogP contribution in [0.2, 0.25) is 5.02 Å². The van der Waals surface area contributed by atoms with Gasteiger partial charge in [0.15, 0.2) is 0 Å². The monoisotopic (exact) mass is 342 g/mol. The summed E-state index contributed by atoms with van der Waals surface area (Å²) in [6.45, 7) is 3.50. The van der Waals surface area contributed by atoms with Crippen molar-refractivity contribution in [2.75, 3.05) is 12.8 Å². The van der Waals surface area contributed by atoms with Gasteiger partial charge in [-0.25, -0.2) is 0 Å². The van der Waals surface area contributed by atoms with Crippen LogP contribution in [0.5, 0.6) is 0 Å². The maximum absolute atomic E-state index is 12.1. The lowest BCUT2D eigenvalue weighted by molar-refractivity contribution is -0.105. The van der Waals surface area contributed by atoms with Crippen LogP contribution in [0, 0.1) is 0 Å². The zero-order valence-corrected chi connectivity index (χ0v) is 13.6. The van der Waals surface area contributed by atoms with Crippen LogP contribution in [0.4, 0.5) is 0 Å². The molecule has 0 N–H and O–H groups in total. The minimum absolute atomic E-state index is 0.0159. The van der Waals surface area contributed by atoms with Crippen LogP contribution in [0.25, 0.3) is 0 Å². The van der Waals surface area contributed by atoms with E-state index in [1.54, 1.807) is 19.9 Å². The maximum atomic E-state index is 12.1. The van der Waals surface area contributed by atoms with Gasteiger partial charge in [0.25, 0.3) is 0 Å². The fourth-order valence-electron chi connectivity index (χ4n) is 1.36. The van der Waals surface area contributed by atoms with E-state index in [1.165, 1.54) is 18.2 Å². The molecule has 0 aliphatic rings. The van der Waals surface area contributed by atoms with Gasteiger partial charge in [-0.2, -0.15) is 8.42 Å². The highest BCUT2D eigenvalue weighted by Gasteiger charge is 2.29. The Labute approximate surface area is 123 Å². The van der Waals surface area contributed by atoms with Gasteiger partial charge in [-0.15, -0.1) is 4.67 Å². The molecule has 1 aromatic carbocycles. The van der Waals surface area contributed by atoms with Gasteiger partial charge in [0.05, 0.1) is 17.8 Å². The van der Waals surface area contributed by atoms with Crippen LogP contribution in [-0.4, -0.2) is 21.2 Å². The highest BCUT2D eigenvalue weighted by Crippen LogP contribution is 2.49. The molecule has 0 radical (unpaired) electrons. The van der Waals surface area contributed by atoms with Crippen molar-refractivity contribution in [2.24, 2.45) is 0 Å². The van der Waals surface area contributed by atoms with E-state index in [1.807, 2.05) is 0 Å². The minimum atomic E-state index is -4.27. The van der Waals surface area contributed by atoms with E-state index >= 15 is 0 Å². The number of rotatable bonds is 8. The lowest BCUT2D eigenvalue weighted by Gasteiger charge is -2.15. The van der Waals surface area contributed by atoms with Crippen LogP contribution in [-0.2, 0) is 28.2 Å². The normalized spacial score (nSPS) is 14.9. The van der Waals surface area contributed by atoms with Crippen LogP contribution < -0.4 is 0 Å². The fraction of sp³-hybridized carbons (Fsp3) is 0.455. The molecule has 0 saturated carbocycles. The standard InChI is InChI=1S/C11H16ClO6PS/c1-3-9-19(13,16-4-2)17-18-20(14,15)11-8-6-5-7-10(11)12/h5-8H,3-4,9H2,1-2H3. The summed E-state index contributed by atoms with van der Waals surface area (Å²) in [5.74, 6) is 0. The molecule has 0 aliphatic carbocycles. The zero-order valence-electron chi connectivity index (χ0n) is 11.1. The second kappa shape index (κ2) is 7.54. The summed E-state index contributed by atoms with van der Waals surface area (Å²) >= 11 is 5.77. The van der Waals surface area contributed by atoms with Crippen molar-refractivity contribution >= 4 is 29.3 Å². The van der Waals surface area contributed by atoms with Gasteiger partial charge in [0.2, 0.25) is 0 Å². The molecule has 1 aromatic rings. The molecule has 1 atom stereocenters. The average molecular weight is 343 g/mol. The van der Waals surface area contributed by atoms with E-state index in [0.717, 1.165) is 0 Å². The van der Waals surface area contributed by atoms with E-state index in [9.17, 15) is 13.0 Å². The Bertz CT molecular complexity index is 578. The predicted octanol–water partition coefficient (Wildman–Crippen LogP) is 3.62. The third-order valence-corrected chi connectivity index (χ3v) is 5.80. The molecule has 20 heavy (non-hydrogen) atoms. The Kier molecular flexibility index (Phi) is 6.64. The fourth-order valence-corrected chi connectivity index (χ4v) is 4.29. The van der Waals surface area contributed by atoms with Crippen LogP contribution in [0.3, 0.4) is 0 Å². The van der Waals surface area contributed by atoms with Crippen molar-refractivity contribution in [3.05, 3.63) is 29.3 Å². The highest BCUT2D eigenvalue weighted by atomic mass is 35.5. The minimum Gasteiger partial charge on any atom is -0.307 e. The summed E-state index contributed by atoms with van der Waals surface area (Å²) in [7, 11) is -7.86. The SMILES string of the molecule is CCCP(=O)(OCC)OOS(=O)(=O)c1ccccc1Cl. The van der Waals surface area contributed by atoms with Crippen LogP contribution in [0.1, 0.15) is 20.3 Å². The number of halogens is 1. The maximum Gasteiger partial charge on any atom is 0.359 e. The molecule has 6 nitrogen and oxygen atoms in total. The molecule has 0 bridgehead atoms. The van der Waals surface area contributed by atoms with Gasteiger partial charge in [0.1, 0.15) is 4.90 Å². The molecule has 0 spiro atoms. The van der Waals surface area contributed by atoms with Gasteiger partial charge in [-0.1, -0.05) is 35.0 Å². The lowest BCUT2D eigenvalue weighted by atomic mass is 10.4. The number of hydrogen-bond acceptors (Lipinski definition) is 6. The summed E-state index contributed by atoms with van der Waals surface area (Å²) in [6, 6.07) is 5.71. The predicted molar refractivity (Wildman–Crippen MR) is 75.2 cm³/mol. The van der Waals surface area contributed by atoms with Crippen molar-refractivity contribution in [1.82, 2.24) is 0 Å². The van der Waals surface area contributed by atoms with Crippen LogP contribution in [0.15, 0.2) is 29.2 Å². The molecule has 0 heterocycles. The Hall–Kier alpha value is -0.430. The first-order chi connectivity index (χ1) is 9.34. The van der Waals surface area contributed by atoms with E-state index in [-0.39, 0.29) is 22.7 Å². The van der Waals surface area contributed by atoms with Gasteiger partial charge >= 0.3 is 17.7 Å². The molecule has 0 aliphatic heterocycles. The van der Waals surface area contributed by atoms with Crippen LogP contribution >= 0.6 is 19.2 Å². The first-order valence-corrected chi connectivity index (χ1v) is 9.47. The molecule has 0 saturated heterocycles. The van der Waals surface area contributed by atoms with Gasteiger partial charge in [-0.3, -0.25) is 4.57 Å². The molecule has 1 unspecified atom stereocenters. The Morgan fingerprint density at radius 1 is 1.25 bits per heavy atom. The molecule has 9 heteroatoms. The summed E-state index contributed by atoms with van der Waals surface area (Å²) < 4.78 is 49.8. The van der Waals surface area contributed by atoms with E-state index in [2.05, 4.69) is 9.01 Å². The third kappa shape index (κ3) is 4.84. The van der Waals surface area contributed by atoms with E-state index < -0.39 is 17.7 Å². The van der Waals surface area contributed by atoms with Crippen molar-refractivity contribution in [2.45, 2.75) is 25.2 Å².